The summed E-state index contributed by atoms with van der Waals surface area (Å²) >= 11 is 0. The second kappa shape index (κ2) is 7.50. The van der Waals surface area contributed by atoms with Crippen molar-refractivity contribution in [1.82, 2.24) is 4.31 Å². The first-order valence-corrected chi connectivity index (χ1v) is 9.17. The lowest BCUT2D eigenvalue weighted by Crippen LogP contribution is -2.50. The summed E-state index contributed by atoms with van der Waals surface area (Å²) in [7, 11) is -0.921. The molecule has 1 aliphatic heterocycles. The van der Waals surface area contributed by atoms with Gasteiger partial charge in [-0.05, 0) is 31.4 Å². The Kier molecular flexibility index (Phi) is 5.84. The van der Waals surface area contributed by atoms with Crippen LogP contribution in [0.2, 0.25) is 0 Å². The molecule has 2 rings (SSSR count). The van der Waals surface area contributed by atoms with Crippen molar-refractivity contribution in [3.05, 3.63) is 24.3 Å². The molecule has 1 aliphatic rings. The Labute approximate surface area is 142 Å². The molecule has 134 valence electrons. The molecule has 1 N–H and O–H groups in total. The van der Waals surface area contributed by atoms with E-state index in [-0.39, 0.29) is 30.2 Å². The number of methoxy groups -OCH3 is 2. The van der Waals surface area contributed by atoms with Crippen LogP contribution in [0.1, 0.15) is 19.3 Å². The van der Waals surface area contributed by atoms with Crippen molar-refractivity contribution in [2.75, 3.05) is 33.9 Å². The average Bonchev–Trinajstić information content (AvgIpc) is 2.60. The monoisotopic (exact) mass is 357 g/mol. The highest BCUT2D eigenvalue weighted by molar-refractivity contribution is 7.89. The number of carboxylic acid groups (broad SMARTS) is 1. The van der Waals surface area contributed by atoms with Gasteiger partial charge in [0, 0.05) is 26.8 Å². The number of aliphatic carboxylic acids is 1. The molecular weight excluding hydrogens is 334 g/mol. The highest BCUT2D eigenvalue weighted by atomic mass is 32.2. The fraction of sp³-hybridized carbons (Fsp3) is 0.562. The van der Waals surface area contributed by atoms with Crippen LogP contribution in [0.4, 0.5) is 0 Å². The number of ether oxygens (including phenoxy) is 2. The molecule has 7 nitrogen and oxygen atoms in total. The van der Waals surface area contributed by atoms with Crippen LogP contribution in [0.5, 0.6) is 5.75 Å². The largest absolute Gasteiger partial charge is 0.495 e. The lowest BCUT2D eigenvalue weighted by atomic mass is 9.78. The normalized spacial score (nSPS) is 22.2. The van der Waals surface area contributed by atoms with Crippen LogP contribution in [0.3, 0.4) is 0 Å². The number of piperidine rings is 1. The van der Waals surface area contributed by atoms with Crippen LogP contribution in [-0.2, 0) is 19.6 Å². The number of carbonyl (C=O) groups is 1. The smallest absolute Gasteiger partial charge is 0.311 e. The van der Waals surface area contributed by atoms with E-state index in [0.717, 1.165) is 0 Å². The van der Waals surface area contributed by atoms with Crippen molar-refractivity contribution in [3.8, 4) is 5.75 Å². The minimum atomic E-state index is -3.83. The Morgan fingerprint density at radius 3 is 2.67 bits per heavy atom. The maximum absolute atomic E-state index is 13.0. The molecule has 0 spiro atoms. The molecule has 0 saturated carbocycles. The number of hydrogen-bond donors (Lipinski definition) is 1. The maximum Gasteiger partial charge on any atom is 0.311 e. The molecule has 0 radical (unpaired) electrons. The van der Waals surface area contributed by atoms with E-state index < -0.39 is 21.4 Å². The minimum Gasteiger partial charge on any atom is -0.495 e. The molecule has 1 aromatic rings. The topological polar surface area (TPSA) is 93.1 Å². The van der Waals surface area contributed by atoms with Gasteiger partial charge in [-0.2, -0.15) is 4.31 Å². The summed E-state index contributed by atoms with van der Waals surface area (Å²) in [6.07, 6.45) is 1.20. The number of hydrogen-bond acceptors (Lipinski definition) is 5. The molecule has 1 fully saturated rings. The molecule has 1 saturated heterocycles. The predicted octanol–water partition coefficient (Wildman–Crippen LogP) is 1.59. The quantitative estimate of drug-likeness (QED) is 0.796. The fourth-order valence-electron chi connectivity index (χ4n) is 3.05. The molecule has 0 unspecified atom stereocenters. The Morgan fingerprint density at radius 2 is 2.04 bits per heavy atom. The standard InChI is InChI=1S/C16H23NO6S/c1-22-11-9-16(15(18)19)8-5-10-17(12-16)24(20,21)14-7-4-3-6-13(14)23-2/h3-4,6-7H,5,8-12H2,1-2H3,(H,18,19)/t16-/m0/s1. The SMILES string of the molecule is COCC[C@@]1(C(=O)O)CCCN(S(=O)(=O)c2ccccc2OC)C1. The van der Waals surface area contributed by atoms with E-state index in [1.54, 1.807) is 18.2 Å². The van der Waals surface area contributed by atoms with Gasteiger partial charge in [0.05, 0.1) is 12.5 Å². The number of para-hydroxylation sites is 1. The van der Waals surface area contributed by atoms with E-state index in [0.29, 0.717) is 19.4 Å². The molecule has 0 amide bonds. The third-order valence-electron chi connectivity index (χ3n) is 4.47. The van der Waals surface area contributed by atoms with Gasteiger partial charge in [-0.25, -0.2) is 8.42 Å². The number of rotatable bonds is 7. The summed E-state index contributed by atoms with van der Waals surface area (Å²) in [5.41, 5.74) is -1.12. The summed E-state index contributed by atoms with van der Waals surface area (Å²) in [6, 6.07) is 6.36. The lowest BCUT2D eigenvalue weighted by Gasteiger charge is -2.39. The zero-order chi connectivity index (χ0) is 17.8. The molecule has 24 heavy (non-hydrogen) atoms. The van der Waals surface area contributed by atoms with Crippen LogP contribution >= 0.6 is 0 Å². The second-order valence-corrected chi connectivity index (χ2v) is 7.83. The van der Waals surface area contributed by atoms with Gasteiger partial charge in [-0.1, -0.05) is 12.1 Å². The summed E-state index contributed by atoms with van der Waals surface area (Å²) in [4.78, 5) is 11.9. The number of nitrogens with zero attached hydrogens (tertiary/aromatic N) is 1. The molecule has 0 aliphatic carbocycles. The first-order chi connectivity index (χ1) is 11.4. The van der Waals surface area contributed by atoms with Gasteiger partial charge in [0.25, 0.3) is 0 Å². The third-order valence-corrected chi connectivity index (χ3v) is 6.35. The fourth-order valence-corrected chi connectivity index (χ4v) is 4.77. The van der Waals surface area contributed by atoms with Crippen molar-refractivity contribution in [2.45, 2.75) is 24.2 Å². The Balaban J connectivity index is 2.35. The molecule has 1 heterocycles. The summed E-state index contributed by atoms with van der Waals surface area (Å²) in [5.74, 6) is -0.736. The van der Waals surface area contributed by atoms with Crippen molar-refractivity contribution < 1.29 is 27.8 Å². The van der Waals surface area contributed by atoms with E-state index in [2.05, 4.69) is 0 Å². The van der Waals surface area contributed by atoms with Crippen LogP contribution in [0, 0.1) is 5.41 Å². The van der Waals surface area contributed by atoms with Crippen LogP contribution in [0.15, 0.2) is 29.2 Å². The van der Waals surface area contributed by atoms with Crippen LogP contribution < -0.4 is 4.74 Å². The molecule has 0 aromatic heterocycles. The molecule has 1 aromatic carbocycles. The average molecular weight is 357 g/mol. The second-order valence-electron chi connectivity index (χ2n) is 5.92. The van der Waals surface area contributed by atoms with Crippen LogP contribution in [0.25, 0.3) is 0 Å². The maximum atomic E-state index is 13.0. The van der Waals surface area contributed by atoms with Gasteiger partial charge < -0.3 is 14.6 Å². The van der Waals surface area contributed by atoms with E-state index in [1.807, 2.05) is 0 Å². The molecule has 8 heteroatoms. The number of carboxylic acids is 1. The predicted molar refractivity (Wildman–Crippen MR) is 87.5 cm³/mol. The Morgan fingerprint density at radius 1 is 1.33 bits per heavy atom. The zero-order valence-electron chi connectivity index (χ0n) is 13.9. The van der Waals surface area contributed by atoms with Crippen molar-refractivity contribution in [2.24, 2.45) is 5.41 Å². The van der Waals surface area contributed by atoms with Gasteiger partial charge in [-0.3, -0.25) is 4.79 Å². The van der Waals surface area contributed by atoms with Gasteiger partial charge in [-0.15, -0.1) is 0 Å². The third kappa shape index (κ3) is 3.55. The highest BCUT2D eigenvalue weighted by Crippen LogP contribution is 2.37. The van der Waals surface area contributed by atoms with Crippen molar-refractivity contribution in [1.29, 1.82) is 0 Å². The summed E-state index contributed by atoms with van der Waals surface area (Å²) < 4.78 is 37.3. The molecule has 0 bridgehead atoms. The molecule has 1 atom stereocenters. The van der Waals surface area contributed by atoms with Gasteiger partial charge in [0.1, 0.15) is 10.6 Å². The first-order valence-electron chi connectivity index (χ1n) is 7.73. The van der Waals surface area contributed by atoms with Crippen molar-refractivity contribution >= 4 is 16.0 Å². The number of sulfonamides is 1. The Hall–Kier alpha value is -1.64. The van der Waals surface area contributed by atoms with Gasteiger partial charge >= 0.3 is 5.97 Å². The molecular formula is C16H23NO6S. The van der Waals surface area contributed by atoms with E-state index in [1.165, 1.54) is 24.6 Å². The van der Waals surface area contributed by atoms with Crippen LogP contribution in [-0.4, -0.2) is 57.7 Å². The minimum absolute atomic E-state index is 0.0560. The van der Waals surface area contributed by atoms with Crippen molar-refractivity contribution in [3.63, 3.8) is 0 Å². The van der Waals surface area contributed by atoms with E-state index >= 15 is 0 Å². The Bertz CT molecular complexity index is 690. The highest BCUT2D eigenvalue weighted by Gasteiger charge is 2.45. The summed E-state index contributed by atoms with van der Waals surface area (Å²) in [5, 5.41) is 9.67. The van der Waals surface area contributed by atoms with Gasteiger partial charge in [0.15, 0.2) is 0 Å². The van der Waals surface area contributed by atoms with E-state index in [9.17, 15) is 18.3 Å². The number of benzene rings is 1. The summed E-state index contributed by atoms with van der Waals surface area (Å²) in [6.45, 7) is 0.503. The first kappa shape index (κ1) is 18.7. The van der Waals surface area contributed by atoms with E-state index in [4.69, 9.17) is 9.47 Å². The lowest BCUT2D eigenvalue weighted by molar-refractivity contribution is -0.152. The van der Waals surface area contributed by atoms with Gasteiger partial charge in [0.2, 0.25) is 10.0 Å². The zero-order valence-corrected chi connectivity index (χ0v) is 14.7.